The zero-order valence-corrected chi connectivity index (χ0v) is 15.7. The maximum atomic E-state index is 11.3. The molecule has 2 saturated carbocycles. The first-order chi connectivity index (χ1) is 12.0. The number of ether oxygens (including phenoxy) is 2. The number of carbonyl (C=O) groups excluding carboxylic acids is 2. The van der Waals surface area contributed by atoms with Crippen LogP contribution in [0.15, 0.2) is 10.3 Å². The number of hydrogen-bond acceptors (Lipinski definition) is 8. The monoisotopic (exact) mass is 362 g/mol. The summed E-state index contributed by atoms with van der Waals surface area (Å²) in [5, 5.41) is 8.49. The second-order valence-corrected chi connectivity index (χ2v) is 8.87. The SMILES string of the molecule is CC(=O)ON=C1C2C3(C)OC4(C)C1C1(C)OC2(C)C3C(=NOC(C)=O)C41. The molecule has 2 aliphatic carbocycles. The Morgan fingerprint density at radius 1 is 0.731 bits per heavy atom. The molecule has 8 bridgehead atoms. The van der Waals surface area contributed by atoms with Gasteiger partial charge in [-0.3, -0.25) is 0 Å². The highest BCUT2D eigenvalue weighted by atomic mass is 16.7. The molecule has 4 saturated heterocycles. The lowest BCUT2D eigenvalue weighted by molar-refractivity contribution is -0.471. The van der Waals surface area contributed by atoms with Crippen LogP contribution in [0.25, 0.3) is 0 Å². The van der Waals surface area contributed by atoms with Crippen molar-refractivity contribution in [3.8, 4) is 0 Å². The van der Waals surface area contributed by atoms with Crippen molar-refractivity contribution in [3.05, 3.63) is 0 Å². The van der Waals surface area contributed by atoms with E-state index in [0.717, 1.165) is 11.4 Å². The smallest absolute Gasteiger partial charge is 0.331 e. The Bertz CT molecular complexity index is 702. The standard InChI is InChI=1S/C18H22N2O6/c1-7(21)23-19-9-11-15(3)13-10(20-24-8(2)22)14-17(5,25-15)12(9)18(14,6)26-16(11,13)4/h11-14H,1-6H3. The maximum Gasteiger partial charge on any atom is 0.331 e. The molecule has 6 rings (SSSR count). The van der Waals surface area contributed by atoms with Crippen LogP contribution in [-0.4, -0.2) is 45.8 Å². The highest BCUT2D eigenvalue weighted by molar-refractivity contribution is 6.09. The van der Waals surface area contributed by atoms with Gasteiger partial charge >= 0.3 is 11.9 Å². The lowest BCUT2D eigenvalue weighted by Gasteiger charge is -2.87. The minimum atomic E-state index is -0.587. The molecule has 0 aromatic carbocycles. The van der Waals surface area contributed by atoms with E-state index < -0.39 is 34.3 Å². The molecule has 6 fully saturated rings. The summed E-state index contributed by atoms with van der Waals surface area (Å²) >= 11 is 0. The molecule has 0 spiro atoms. The van der Waals surface area contributed by atoms with Crippen molar-refractivity contribution in [1.29, 1.82) is 0 Å². The van der Waals surface area contributed by atoms with Gasteiger partial charge in [-0.15, -0.1) is 0 Å². The van der Waals surface area contributed by atoms with E-state index in [1.54, 1.807) is 0 Å². The fourth-order valence-electron chi connectivity index (χ4n) is 7.30. The molecule has 26 heavy (non-hydrogen) atoms. The maximum absolute atomic E-state index is 11.3. The number of hydrogen-bond donors (Lipinski definition) is 0. The van der Waals surface area contributed by atoms with Gasteiger partial charge in [0.25, 0.3) is 0 Å². The second-order valence-electron chi connectivity index (χ2n) is 8.87. The number of carbonyl (C=O) groups is 2. The van der Waals surface area contributed by atoms with E-state index in [-0.39, 0.29) is 23.7 Å². The first-order valence-corrected chi connectivity index (χ1v) is 8.91. The van der Waals surface area contributed by atoms with Gasteiger partial charge in [-0.25, -0.2) is 9.59 Å². The second kappa shape index (κ2) is 4.20. The predicted molar refractivity (Wildman–Crippen MR) is 88.2 cm³/mol. The molecular weight excluding hydrogens is 340 g/mol. The third-order valence-electron chi connectivity index (χ3n) is 7.21. The molecule has 8 nitrogen and oxygen atoms in total. The predicted octanol–water partition coefficient (Wildman–Crippen LogP) is 1.43. The van der Waals surface area contributed by atoms with Crippen LogP contribution in [0.2, 0.25) is 0 Å². The summed E-state index contributed by atoms with van der Waals surface area (Å²) in [5.41, 5.74) is -0.669. The normalized spacial score (nSPS) is 54.2. The summed E-state index contributed by atoms with van der Waals surface area (Å²) in [5.74, 6) is -1.47. The molecular formula is C18H22N2O6. The Balaban J connectivity index is 1.69. The molecule has 6 aliphatic rings. The van der Waals surface area contributed by atoms with E-state index in [1.165, 1.54) is 13.8 Å². The van der Waals surface area contributed by atoms with Gasteiger partial charge in [0.2, 0.25) is 0 Å². The molecule has 0 radical (unpaired) electrons. The van der Waals surface area contributed by atoms with Crippen LogP contribution in [0.1, 0.15) is 41.5 Å². The Kier molecular flexibility index (Phi) is 2.64. The van der Waals surface area contributed by atoms with Gasteiger partial charge in [-0.2, -0.15) is 0 Å². The van der Waals surface area contributed by atoms with Gasteiger partial charge in [-0.1, -0.05) is 10.3 Å². The molecule has 0 N–H and O–H groups in total. The van der Waals surface area contributed by atoms with Gasteiger partial charge < -0.3 is 19.1 Å². The van der Waals surface area contributed by atoms with Gasteiger partial charge in [-0.05, 0) is 27.7 Å². The van der Waals surface area contributed by atoms with Crippen LogP contribution in [0.5, 0.6) is 0 Å². The first kappa shape index (κ1) is 16.4. The highest BCUT2D eigenvalue weighted by Crippen LogP contribution is 2.80. The largest absolute Gasteiger partial charge is 0.366 e. The molecule has 140 valence electrons. The fourth-order valence-corrected chi connectivity index (χ4v) is 7.30. The van der Waals surface area contributed by atoms with Crippen molar-refractivity contribution >= 4 is 23.4 Å². The summed E-state index contributed by atoms with van der Waals surface area (Å²) in [6.45, 7) is 10.7. The minimum Gasteiger partial charge on any atom is -0.366 e. The molecule has 0 unspecified atom stereocenters. The van der Waals surface area contributed by atoms with Crippen molar-refractivity contribution in [2.24, 2.45) is 34.0 Å². The first-order valence-electron chi connectivity index (χ1n) is 8.91. The molecule has 0 atom stereocenters. The topological polar surface area (TPSA) is 95.8 Å². The molecule has 8 heteroatoms. The van der Waals surface area contributed by atoms with Crippen LogP contribution in [0.4, 0.5) is 0 Å². The average molecular weight is 362 g/mol. The van der Waals surface area contributed by atoms with Crippen molar-refractivity contribution in [3.63, 3.8) is 0 Å². The molecule has 0 aromatic heterocycles. The van der Waals surface area contributed by atoms with Gasteiger partial charge in [0.05, 0.1) is 57.5 Å². The lowest BCUT2D eigenvalue weighted by Crippen LogP contribution is -3.00. The number of nitrogens with zero attached hydrogens (tertiary/aromatic N) is 2. The molecule has 4 aliphatic heterocycles. The summed E-state index contributed by atoms with van der Waals surface area (Å²) in [4.78, 5) is 32.7. The van der Waals surface area contributed by atoms with E-state index in [1.807, 2.05) is 27.7 Å². The lowest BCUT2D eigenvalue weighted by atomic mass is 9.30. The van der Waals surface area contributed by atoms with Crippen molar-refractivity contribution < 1.29 is 28.7 Å². The van der Waals surface area contributed by atoms with Crippen LogP contribution < -0.4 is 0 Å². The van der Waals surface area contributed by atoms with Gasteiger partial charge in [0.15, 0.2) is 0 Å². The van der Waals surface area contributed by atoms with E-state index >= 15 is 0 Å². The highest BCUT2D eigenvalue weighted by Gasteiger charge is 2.94. The van der Waals surface area contributed by atoms with E-state index in [0.29, 0.717) is 0 Å². The van der Waals surface area contributed by atoms with E-state index in [4.69, 9.17) is 19.1 Å². The summed E-state index contributed by atoms with van der Waals surface area (Å²) in [7, 11) is 0. The summed E-state index contributed by atoms with van der Waals surface area (Å²) in [6, 6.07) is 0. The zero-order chi connectivity index (χ0) is 18.9. The van der Waals surface area contributed by atoms with Gasteiger partial charge in [0.1, 0.15) is 0 Å². The molecule has 4 heterocycles. The van der Waals surface area contributed by atoms with Crippen LogP contribution in [-0.2, 0) is 28.7 Å². The van der Waals surface area contributed by atoms with Gasteiger partial charge in [0, 0.05) is 13.8 Å². The third kappa shape index (κ3) is 1.41. The fraction of sp³-hybridized carbons (Fsp3) is 0.778. The quantitative estimate of drug-likeness (QED) is 0.545. The number of rotatable bonds is 2. The zero-order valence-electron chi connectivity index (χ0n) is 15.7. The van der Waals surface area contributed by atoms with Crippen molar-refractivity contribution in [1.82, 2.24) is 0 Å². The molecule has 0 amide bonds. The minimum absolute atomic E-state index is 0.144. The van der Waals surface area contributed by atoms with Crippen LogP contribution in [0.3, 0.4) is 0 Å². The molecule has 0 aromatic rings. The third-order valence-corrected chi connectivity index (χ3v) is 7.21. The number of oxime groups is 2. The van der Waals surface area contributed by atoms with Crippen LogP contribution >= 0.6 is 0 Å². The van der Waals surface area contributed by atoms with Crippen LogP contribution in [0, 0.1) is 23.7 Å². The average Bonchev–Trinajstić information content (AvgIpc) is 2.46. The van der Waals surface area contributed by atoms with E-state index in [2.05, 4.69) is 10.3 Å². The Labute approximate surface area is 150 Å². The summed E-state index contributed by atoms with van der Waals surface area (Å²) in [6.07, 6.45) is 0. The Hall–Kier alpha value is -1.80. The Morgan fingerprint density at radius 2 is 1.00 bits per heavy atom. The van der Waals surface area contributed by atoms with E-state index in [9.17, 15) is 9.59 Å². The summed E-state index contributed by atoms with van der Waals surface area (Å²) < 4.78 is 13.2. The van der Waals surface area contributed by atoms with Crippen molar-refractivity contribution in [2.45, 2.75) is 63.9 Å². The Morgan fingerprint density at radius 3 is 1.23 bits per heavy atom. The van der Waals surface area contributed by atoms with Crippen molar-refractivity contribution in [2.75, 3.05) is 0 Å².